The lowest BCUT2D eigenvalue weighted by molar-refractivity contribution is -0.137. The van der Waals surface area contributed by atoms with Crippen molar-refractivity contribution in [2.75, 3.05) is 6.61 Å². The van der Waals surface area contributed by atoms with Crippen LogP contribution in [0.3, 0.4) is 0 Å². The molecule has 1 aromatic carbocycles. The molecule has 0 aromatic heterocycles. The minimum Gasteiger partial charge on any atom is -0.396 e. The smallest absolute Gasteiger partial charge is 0.396 e. The summed E-state index contributed by atoms with van der Waals surface area (Å²) in [6.45, 7) is 3.50. The molecule has 20 heavy (non-hydrogen) atoms. The molecule has 2 N–H and O–H groups in total. The van der Waals surface area contributed by atoms with Crippen molar-refractivity contribution in [2.45, 2.75) is 38.4 Å². The van der Waals surface area contributed by atoms with E-state index in [2.05, 4.69) is 5.32 Å². The fraction of sp³-hybridized carbons (Fsp3) is 0.500. The van der Waals surface area contributed by atoms with Crippen molar-refractivity contribution in [3.63, 3.8) is 0 Å². The molecule has 0 saturated heterocycles. The van der Waals surface area contributed by atoms with E-state index >= 15 is 0 Å². The van der Waals surface area contributed by atoms with Crippen molar-refractivity contribution < 1.29 is 23.1 Å². The van der Waals surface area contributed by atoms with Gasteiger partial charge in [-0.1, -0.05) is 12.1 Å². The molecule has 0 radical (unpaired) electrons. The molecule has 0 aliphatic rings. The molecule has 0 spiro atoms. The van der Waals surface area contributed by atoms with Crippen molar-refractivity contribution in [3.05, 3.63) is 35.4 Å². The molecule has 0 aliphatic carbocycles. The van der Waals surface area contributed by atoms with Crippen LogP contribution in [0.2, 0.25) is 0 Å². The maximum Gasteiger partial charge on any atom is 0.416 e. The van der Waals surface area contributed by atoms with Crippen LogP contribution in [0.5, 0.6) is 0 Å². The third-order valence-electron chi connectivity index (χ3n) is 2.86. The summed E-state index contributed by atoms with van der Waals surface area (Å²) in [4.78, 5) is 11.8. The van der Waals surface area contributed by atoms with Gasteiger partial charge in [0.1, 0.15) is 0 Å². The van der Waals surface area contributed by atoms with Gasteiger partial charge in [-0.3, -0.25) is 4.79 Å². The summed E-state index contributed by atoms with van der Waals surface area (Å²) in [5.74, 6) is -0.289. The summed E-state index contributed by atoms with van der Waals surface area (Å²) >= 11 is 0. The number of benzene rings is 1. The van der Waals surface area contributed by atoms with Gasteiger partial charge in [0.2, 0.25) is 5.91 Å². The molecule has 6 heteroatoms. The molecule has 1 rings (SSSR count). The predicted molar refractivity (Wildman–Crippen MR) is 69.1 cm³/mol. The zero-order chi connectivity index (χ0) is 15.4. The van der Waals surface area contributed by atoms with Crippen LogP contribution in [-0.4, -0.2) is 23.2 Å². The largest absolute Gasteiger partial charge is 0.416 e. The lowest BCUT2D eigenvalue weighted by atomic mass is 10.0. The summed E-state index contributed by atoms with van der Waals surface area (Å²) in [7, 11) is 0. The normalized spacial score (nSPS) is 12.3. The van der Waals surface area contributed by atoms with Gasteiger partial charge in [0.15, 0.2) is 0 Å². The molecule has 0 aliphatic heterocycles. The molecule has 0 saturated carbocycles. The van der Waals surface area contributed by atoms with Gasteiger partial charge in [-0.2, -0.15) is 13.2 Å². The van der Waals surface area contributed by atoms with Crippen LogP contribution in [0.15, 0.2) is 24.3 Å². The average Bonchev–Trinajstić information content (AvgIpc) is 2.27. The maximum atomic E-state index is 12.4. The highest BCUT2D eigenvalue weighted by molar-refractivity contribution is 5.79. The fourth-order valence-corrected chi connectivity index (χ4v) is 1.76. The number of hydrogen-bond acceptors (Lipinski definition) is 2. The van der Waals surface area contributed by atoms with Crippen LogP contribution in [0.4, 0.5) is 13.2 Å². The van der Waals surface area contributed by atoms with E-state index in [0.717, 1.165) is 12.1 Å². The number of nitrogens with one attached hydrogen (secondary N) is 1. The molecular formula is C14H18F3NO2. The third-order valence-corrected chi connectivity index (χ3v) is 2.86. The Morgan fingerprint density at radius 1 is 1.20 bits per heavy atom. The lowest BCUT2D eigenvalue weighted by Gasteiger charge is -2.25. The van der Waals surface area contributed by atoms with Crippen LogP contribution >= 0.6 is 0 Å². The molecule has 0 unspecified atom stereocenters. The summed E-state index contributed by atoms with van der Waals surface area (Å²) in [5, 5.41) is 11.6. The summed E-state index contributed by atoms with van der Waals surface area (Å²) in [5.41, 5.74) is -0.768. The van der Waals surface area contributed by atoms with Gasteiger partial charge < -0.3 is 10.4 Å². The summed E-state index contributed by atoms with van der Waals surface area (Å²) in [6, 6.07) is 4.51. The monoisotopic (exact) mass is 289 g/mol. The molecule has 112 valence electrons. The molecule has 0 heterocycles. The van der Waals surface area contributed by atoms with Crippen LogP contribution in [-0.2, 0) is 17.4 Å². The van der Waals surface area contributed by atoms with Crippen molar-refractivity contribution in [3.8, 4) is 0 Å². The number of amides is 1. The summed E-state index contributed by atoms with van der Waals surface area (Å²) < 4.78 is 37.2. The highest BCUT2D eigenvalue weighted by atomic mass is 19.4. The number of halogens is 3. The standard InChI is InChI=1S/C14H18F3NO2/c1-13(2,7-8-19)18-12(20)9-10-3-5-11(6-4-10)14(15,16)17/h3-6,19H,7-9H2,1-2H3,(H,18,20). The molecule has 3 nitrogen and oxygen atoms in total. The van der Waals surface area contributed by atoms with Gasteiger partial charge in [0.25, 0.3) is 0 Å². The average molecular weight is 289 g/mol. The van der Waals surface area contributed by atoms with Crippen molar-refractivity contribution in [1.29, 1.82) is 0 Å². The van der Waals surface area contributed by atoms with Gasteiger partial charge in [-0.15, -0.1) is 0 Å². The summed E-state index contributed by atoms with van der Waals surface area (Å²) in [6.07, 6.45) is -3.96. The van der Waals surface area contributed by atoms with E-state index in [-0.39, 0.29) is 18.9 Å². The Labute approximate surface area is 115 Å². The molecule has 0 atom stereocenters. The number of hydrogen-bond donors (Lipinski definition) is 2. The Bertz CT molecular complexity index is 452. The van der Waals surface area contributed by atoms with Crippen LogP contribution < -0.4 is 5.32 Å². The molecule has 1 aromatic rings. The van der Waals surface area contributed by atoms with Gasteiger partial charge in [-0.25, -0.2) is 0 Å². The quantitative estimate of drug-likeness (QED) is 0.875. The lowest BCUT2D eigenvalue weighted by Crippen LogP contribution is -2.44. The van der Waals surface area contributed by atoms with Crippen LogP contribution in [0, 0.1) is 0 Å². The van der Waals surface area contributed by atoms with E-state index in [4.69, 9.17) is 5.11 Å². The van der Waals surface area contributed by atoms with E-state index in [9.17, 15) is 18.0 Å². The van der Waals surface area contributed by atoms with Crippen molar-refractivity contribution >= 4 is 5.91 Å². The Balaban J connectivity index is 2.63. The fourth-order valence-electron chi connectivity index (χ4n) is 1.76. The van der Waals surface area contributed by atoms with Gasteiger partial charge >= 0.3 is 6.18 Å². The minimum absolute atomic E-state index is 0.00694. The number of rotatable bonds is 5. The minimum atomic E-state index is -4.37. The molecular weight excluding hydrogens is 271 g/mol. The van der Waals surface area contributed by atoms with Crippen molar-refractivity contribution in [2.24, 2.45) is 0 Å². The third kappa shape index (κ3) is 5.21. The Hall–Kier alpha value is -1.56. The topological polar surface area (TPSA) is 49.3 Å². The Kier molecular flexibility index (Phi) is 5.16. The number of aliphatic hydroxyl groups is 1. The van der Waals surface area contributed by atoms with Crippen molar-refractivity contribution in [1.82, 2.24) is 5.32 Å². The SMILES string of the molecule is CC(C)(CCO)NC(=O)Cc1ccc(C(F)(F)F)cc1. The zero-order valence-corrected chi connectivity index (χ0v) is 11.4. The second-order valence-electron chi connectivity index (χ2n) is 5.28. The number of aliphatic hydroxyl groups excluding tert-OH is 1. The van der Waals surface area contributed by atoms with E-state index in [1.165, 1.54) is 12.1 Å². The highest BCUT2D eigenvalue weighted by Gasteiger charge is 2.30. The zero-order valence-electron chi connectivity index (χ0n) is 11.4. The van der Waals surface area contributed by atoms with Crippen LogP contribution in [0.1, 0.15) is 31.4 Å². The second kappa shape index (κ2) is 6.26. The number of carbonyl (C=O) groups excluding carboxylic acids is 1. The van der Waals surface area contributed by atoms with Gasteiger partial charge in [0.05, 0.1) is 12.0 Å². The van der Waals surface area contributed by atoms with E-state index in [1.54, 1.807) is 13.8 Å². The highest BCUT2D eigenvalue weighted by Crippen LogP contribution is 2.29. The van der Waals surface area contributed by atoms with E-state index in [1.807, 2.05) is 0 Å². The Morgan fingerprint density at radius 2 is 1.75 bits per heavy atom. The Morgan fingerprint density at radius 3 is 2.20 bits per heavy atom. The van der Waals surface area contributed by atoms with E-state index < -0.39 is 17.3 Å². The van der Waals surface area contributed by atoms with Gasteiger partial charge in [-0.05, 0) is 38.0 Å². The first kappa shape index (κ1) is 16.5. The predicted octanol–water partition coefficient (Wildman–Crippen LogP) is 2.53. The molecule has 1 amide bonds. The second-order valence-corrected chi connectivity index (χ2v) is 5.28. The number of carbonyl (C=O) groups is 1. The van der Waals surface area contributed by atoms with Gasteiger partial charge in [0, 0.05) is 12.1 Å². The molecule has 0 bridgehead atoms. The first-order valence-corrected chi connectivity index (χ1v) is 6.22. The van der Waals surface area contributed by atoms with E-state index in [0.29, 0.717) is 12.0 Å². The first-order chi connectivity index (χ1) is 9.14. The number of alkyl halides is 3. The molecule has 0 fully saturated rings. The maximum absolute atomic E-state index is 12.4. The first-order valence-electron chi connectivity index (χ1n) is 6.22. The van der Waals surface area contributed by atoms with Crippen LogP contribution in [0.25, 0.3) is 0 Å².